The molecule has 0 aromatic carbocycles. The molecule has 1 aromatic rings. The van der Waals surface area contributed by atoms with E-state index in [2.05, 4.69) is 32.6 Å². The zero-order valence-corrected chi connectivity index (χ0v) is 6.55. The van der Waals surface area contributed by atoms with Crippen LogP contribution in [-0.2, 0) is 6.42 Å². The molecule has 0 atom stereocenters. The molecule has 1 aromatic heterocycles. The lowest BCUT2D eigenvalue weighted by molar-refractivity contribution is 1.09. The number of rotatable bonds is 2. The average molecular weight is 222 g/mol. The minimum atomic E-state index is 1.10. The summed E-state index contributed by atoms with van der Waals surface area (Å²) < 4.78 is 1.15. The van der Waals surface area contributed by atoms with Crippen LogP contribution in [0, 0.1) is 0 Å². The van der Waals surface area contributed by atoms with Crippen molar-refractivity contribution in [2.24, 2.45) is 0 Å². The second-order valence-electron chi connectivity index (χ2n) is 1.52. The van der Waals surface area contributed by atoms with Crippen LogP contribution in [0.5, 0.6) is 0 Å². The van der Waals surface area contributed by atoms with Gasteiger partial charge >= 0.3 is 0 Å². The van der Waals surface area contributed by atoms with Crippen LogP contribution in [0.15, 0.2) is 12.5 Å². The Balaban J connectivity index is 2.50. The fourth-order valence-electron chi connectivity index (χ4n) is 0.523. The second-order valence-corrected chi connectivity index (χ2v) is 2.59. The molecule has 2 nitrogen and oxygen atoms in total. The van der Waals surface area contributed by atoms with Gasteiger partial charge in [-0.05, 0) is 6.42 Å². The largest absolute Gasteiger partial charge is 0.348 e. The van der Waals surface area contributed by atoms with Gasteiger partial charge in [-0.2, -0.15) is 0 Å². The third-order valence-corrected chi connectivity index (χ3v) is 1.46. The quantitative estimate of drug-likeness (QED) is 0.594. The number of halogens is 1. The molecule has 1 rings (SSSR count). The van der Waals surface area contributed by atoms with Gasteiger partial charge in [0.1, 0.15) is 0 Å². The average Bonchev–Trinajstić information content (AvgIpc) is 2.19. The zero-order valence-electron chi connectivity index (χ0n) is 4.39. The van der Waals surface area contributed by atoms with Gasteiger partial charge in [0.15, 0.2) is 0 Å². The van der Waals surface area contributed by atoms with Gasteiger partial charge < -0.3 is 4.98 Å². The first-order chi connectivity index (χ1) is 3.93. The van der Waals surface area contributed by atoms with Crippen LogP contribution in [0.4, 0.5) is 0 Å². The molecule has 1 heterocycles. The van der Waals surface area contributed by atoms with Crippen LogP contribution >= 0.6 is 22.6 Å². The van der Waals surface area contributed by atoms with Crippen LogP contribution in [0.3, 0.4) is 0 Å². The van der Waals surface area contributed by atoms with E-state index >= 15 is 0 Å². The number of H-pyrrole nitrogens is 1. The van der Waals surface area contributed by atoms with Crippen LogP contribution < -0.4 is 0 Å². The zero-order chi connectivity index (χ0) is 5.82. The SMILES string of the molecule is ICCc1cnc[nH]1. The molecule has 0 fully saturated rings. The fourth-order valence-corrected chi connectivity index (χ4v) is 1.10. The van der Waals surface area contributed by atoms with Gasteiger partial charge in [0.05, 0.1) is 6.33 Å². The number of aryl methyl sites for hydroxylation is 1. The van der Waals surface area contributed by atoms with Crippen molar-refractivity contribution in [3.8, 4) is 0 Å². The van der Waals surface area contributed by atoms with Gasteiger partial charge in [-0.3, -0.25) is 0 Å². The molecular weight excluding hydrogens is 215 g/mol. The molecule has 0 saturated heterocycles. The Bertz CT molecular complexity index is 136. The molecule has 0 aliphatic carbocycles. The van der Waals surface area contributed by atoms with Crippen LogP contribution in [0.1, 0.15) is 5.69 Å². The van der Waals surface area contributed by atoms with E-state index in [0.717, 1.165) is 10.8 Å². The smallest absolute Gasteiger partial charge is 0.0921 e. The highest BCUT2D eigenvalue weighted by Gasteiger charge is 1.87. The molecule has 8 heavy (non-hydrogen) atoms. The summed E-state index contributed by atoms with van der Waals surface area (Å²) >= 11 is 2.34. The molecule has 0 bridgehead atoms. The van der Waals surface area contributed by atoms with Gasteiger partial charge in [0.2, 0.25) is 0 Å². The topological polar surface area (TPSA) is 28.7 Å². The third kappa shape index (κ3) is 1.47. The van der Waals surface area contributed by atoms with Gasteiger partial charge in [-0.15, -0.1) is 0 Å². The lowest BCUT2D eigenvalue weighted by atomic mass is 10.4. The van der Waals surface area contributed by atoms with Gasteiger partial charge in [0.25, 0.3) is 0 Å². The first-order valence-corrected chi connectivity index (χ1v) is 3.99. The maximum atomic E-state index is 3.88. The normalized spacial score (nSPS) is 9.62. The minimum absolute atomic E-state index is 1.10. The van der Waals surface area contributed by atoms with Crippen LogP contribution in [0.25, 0.3) is 0 Å². The Labute approximate surface area is 61.9 Å². The van der Waals surface area contributed by atoms with E-state index in [1.165, 1.54) is 5.69 Å². The fraction of sp³-hybridized carbons (Fsp3) is 0.400. The van der Waals surface area contributed by atoms with E-state index in [9.17, 15) is 0 Å². The Kier molecular flexibility index (Phi) is 2.32. The molecule has 0 radical (unpaired) electrons. The highest BCUT2D eigenvalue weighted by molar-refractivity contribution is 14.1. The number of nitrogens with one attached hydrogen (secondary N) is 1. The number of hydrogen-bond donors (Lipinski definition) is 1. The van der Waals surface area contributed by atoms with Crippen molar-refractivity contribution in [3.05, 3.63) is 18.2 Å². The molecule has 1 N–H and O–H groups in total. The van der Waals surface area contributed by atoms with Crippen molar-refractivity contribution in [1.82, 2.24) is 9.97 Å². The Morgan fingerprint density at radius 1 is 1.75 bits per heavy atom. The number of hydrogen-bond acceptors (Lipinski definition) is 1. The molecule has 0 spiro atoms. The summed E-state index contributed by atoms with van der Waals surface area (Å²) in [6, 6.07) is 0. The number of aromatic nitrogens is 2. The standard InChI is InChI=1S/C5H7IN2/c6-2-1-5-3-7-4-8-5/h3-4H,1-2H2,(H,7,8). The number of aromatic amines is 1. The van der Waals surface area contributed by atoms with Gasteiger partial charge in [-0.1, -0.05) is 22.6 Å². The van der Waals surface area contributed by atoms with Crippen LogP contribution in [-0.4, -0.2) is 14.4 Å². The molecule has 44 valence electrons. The molecule has 0 saturated carbocycles. The summed E-state index contributed by atoms with van der Waals surface area (Å²) in [5, 5.41) is 0. The van der Waals surface area contributed by atoms with Gasteiger partial charge in [0, 0.05) is 16.3 Å². The molecule has 0 aliphatic rings. The maximum absolute atomic E-state index is 3.88. The van der Waals surface area contributed by atoms with E-state index in [1.807, 2.05) is 6.20 Å². The summed E-state index contributed by atoms with van der Waals surface area (Å²) in [7, 11) is 0. The first kappa shape index (κ1) is 6.07. The van der Waals surface area contributed by atoms with Crippen molar-refractivity contribution in [2.45, 2.75) is 6.42 Å². The third-order valence-electron chi connectivity index (χ3n) is 0.919. The molecular formula is C5H7IN2. The predicted octanol–water partition coefficient (Wildman–Crippen LogP) is 1.39. The number of alkyl halides is 1. The minimum Gasteiger partial charge on any atom is -0.348 e. The summed E-state index contributed by atoms with van der Waals surface area (Å²) in [6.45, 7) is 0. The maximum Gasteiger partial charge on any atom is 0.0921 e. The summed E-state index contributed by atoms with van der Waals surface area (Å²) in [6.07, 6.45) is 4.67. The van der Waals surface area contributed by atoms with E-state index in [-0.39, 0.29) is 0 Å². The second kappa shape index (κ2) is 3.06. The van der Waals surface area contributed by atoms with E-state index in [4.69, 9.17) is 0 Å². The highest BCUT2D eigenvalue weighted by atomic mass is 127. The van der Waals surface area contributed by atoms with Crippen molar-refractivity contribution < 1.29 is 0 Å². The summed E-state index contributed by atoms with van der Waals surface area (Å²) in [5.74, 6) is 0. The van der Waals surface area contributed by atoms with Gasteiger partial charge in [-0.25, -0.2) is 4.98 Å². The Morgan fingerprint density at radius 2 is 2.62 bits per heavy atom. The summed E-state index contributed by atoms with van der Waals surface area (Å²) in [5.41, 5.74) is 1.22. The molecule has 0 aliphatic heterocycles. The lowest BCUT2D eigenvalue weighted by Crippen LogP contribution is -1.82. The Morgan fingerprint density at radius 3 is 3.12 bits per heavy atom. The lowest BCUT2D eigenvalue weighted by Gasteiger charge is -1.85. The van der Waals surface area contributed by atoms with Crippen molar-refractivity contribution in [1.29, 1.82) is 0 Å². The monoisotopic (exact) mass is 222 g/mol. The molecule has 0 amide bonds. The van der Waals surface area contributed by atoms with Crippen molar-refractivity contribution >= 4 is 22.6 Å². The highest BCUT2D eigenvalue weighted by Crippen LogP contribution is 1.94. The van der Waals surface area contributed by atoms with Crippen molar-refractivity contribution in [2.75, 3.05) is 4.43 Å². The van der Waals surface area contributed by atoms with E-state index in [0.29, 0.717) is 0 Å². The Hall–Kier alpha value is -0.0600. The first-order valence-electron chi connectivity index (χ1n) is 2.46. The van der Waals surface area contributed by atoms with E-state index in [1.54, 1.807) is 6.33 Å². The predicted molar refractivity (Wildman–Crippen MR) is 41.2 cm³/mol. The van der Waals surface area contributed by atoms with Crippen LogP contribution in [0.2, 0.25) is 0 Å². The molecule has 3 heteroatoms. The molecule has 0 unspecified atom stereocenters. The van der Waals surface area contributed by atoms with E-state index < -0.39 is 0 Å². The number of nitrogens with zero attached hydrogens (tertiary/aromatic N) is 1. The number of imidazole rings is 1. The summed E-state index contributed by atoms with van der Waals surface area (Å²) in [4.78, 5) is 6.90. The van der Waals surface area contributed by atoms with Crippen molar-refractivity contribution in [3.63, 3.8) is 0 Å².